The van der Waals surface area contributed by atoms with Crippen molar-refractivity contribution in [1.29, 1.82) is 0 Å². The van der Waals surface area contributed by atoms with Crippen LogP contribution < -0.4 is 4.74 Å². The molecule has 2 aromatic rings. The van der Waals surface area contributed by atoms with Gasteiger partial charge in [0.25, 0.3) is 5.91 Å². The van der Waals surface area contributed by atoms with Crippen molar-refractivity contribution >= 4 is 17.2 Å². The van der Waals surface area contributed by atoms with Crippen LogP contribution in [0, 0.1) is 0 Å². The smallest absolute Gasteiger partial charge is 0.263 e. The van der Waals surface area contributed by atoms with Crippen LogP contribution in [-0.4, -0.2) is 30.5 Å². The fourth-order valence-electron chi connectivity index (χ4n) is 3.23. The highest BCUT2D eigenvalue weighted by atomic mass is 32.1. The quantitative estimate of drug-likeness (QED) is 0.851. The van der Waals surface area contributed by atoms with Crippen molar-refractivity contribution in [3.8, 4) is 5.75 Å². The van der Waals surface area contributed by atoms with Gasteiger partial charge in [-0.05, 0) is 35.1 Å². The Labute approximate surface area is 128 Å². The van der Waals surface area contributed by atoms with Crippen LogP contribution in [-0.2, 0) is 6.42 Å². The van der Waals surface area contributed by atoms with Crippen molar-refractivity contribution in [1.82, 2.24) is 4.90 Å². The molecule has 108 valence electrons. The summed E-state index contributed by atoms with van der Waals surface area (Å²) in [5.74, 6) is 1.67. The van der Waals surface area contributed by atoms with Crippen molar-refractivity contribution in [3.05, 3.63) is 51.7 Å². The van der Waals surface area contributed by atoms with Crippen molar-refractivity contribution in [2.75, 3.05) is 19.7 Å². The van der Waals surface area contributed by atoms with Crippen LogP contribution in [0.3, 0.4) is 0 Å². The van der Waals surface area contributed by atoms with Gasteiger partial charge in [0, 0.05) is 25.4 Å². The molecule has 0 unspecified atom stereocenters. The molecule has 0 N–H and O–H groups in total. The van der Waals surface area contributed by atoms with Crippen LogP contribution in [0.25, 0.3) is 0 Å². The van der Waals surface area contributed by atoms with Gasteiger partial charge in [-0.2, -0.15) is 0 Å². The molecule has 1 amide bonds. The van der Waals surface area contributed by atoms with Crippen molar-refractivity contribution in [3.63, 3.8) is 0 Å². The van der Waals surface area contributed by atoms with Crippen molar-refractivity contribution in [2.24, 2.45) is 0 Å². The molecule has 4 rings (SSSR count). The summed E-state index contributed by atoms with van der Waals surface area (Å²) in [6, 6.07) is 10.4. The van der Waals surface area contributed by atoms with Gasteiger partial charge in [0.05, 0.1) is 11.5 Å². The van der Waals surface area contributed by atoms with E-state index in [4.69, 9.17) is 4.74 Å². The highest BCUT2D eigenvalue weighted by Gasteiger charge is 2.29. The van der Waals surface area contributed by atoms with Gasteiger partial charge < -0.3 is 9.64 Å². The molecule has 0 radical (unpaired) electrons. The third-order valence-corrected chi connectivity index (χ3v) is 5.25. The summed E-state index contributed by atoms with van der Waals surface area (Å²) in [6.07, 6.45) is 2.06. The average molecular weight is 299 g/mol. The normalized spacial score (nSPS) is 20.4. The molecule has 1 saturated heterocycles. The molecule has 0 spiro atoms. The first kappa shape index (κ1) is 12.9. The number of carbonyl (C=O) groups excluding carboxylic acids is 1. The summed E-state index contributed by atoms with van der Waals surface area (Å²) in [5, 5.41) is 1.96. The summed E-state index contributed by atoms with van der Waals surface area (Å²) >= 11 is 1.52. The lowest BCUT2D eigenvalue weighted by Crippen LogP contribution is -2.27. The van der Waals surface area contributed by atoms with E-state index in [1.807, 2.05) is 22.4 Å². The molecule has 1 aromatic carbocycles. The molecule has 4 heteroatoms. The molecular formula is C17H17NO2S. The Balaban J connectivity index is 1.50. The molecule has 3 heterocycles. The van der Waals surface area contributed by atoms with Gasteiger partial charge in [-0.1, -0.05) is 18.2 Å². The molecule has 2 aliphatic heterocycles. The van der Waals surface area contributed by atoms with Crippen LogP contribution in [0.2, 0.25) is 0 Å². The SMILES string of the molecule is O=C(c1cccs1)N1CC[C@@H](c2ccc3c(c2)CCO3)C1. The van der Waals surface area contributed by atoms with Crippen LogP contribution in [0.15, 0.2) is 35.7 Å². The standard InChI is InChI=1S/C17H17NO2S/c19-17(16-2-1-9-21-16)18-7-5-14(11-18)12-3-4-15-13(10-12)6-8-20-15/h1-4,9-10,14H,5-8,11H2/t14-/m1/s1. The fourth-order valence-corrected chi connectivity index (χ4v) is 3.92. The first-order valence-corrected chi connectivity index (χ1v) is 8.27. The van der Waals surface area contributed by atoms with Crippen molar-refractivity contribution < 1.29 is 9.53 Å². The lowest BCUT2D eigenvalue weighted by Gasteiger charge is -2.16. The molecule has 1 aromatic heterocycles. The van der Waals surface area contributed by atoms with E-state index in [2.05, 4.69) is 18.2 Å². The predicted octanol–water partition coefficient (Wildman–Crippen LogP) is 3.31. The molecule has 1 fully saturated rings. The van der Waals surface area contributed by atoms with Crippen LogP contribution in [0.1, 0.15) is 33.1 Å². The van der Waals surface area contributed by atoms with Gasteiger partial charge in [0.1, 0.15) is 5.75 Å². The van der Waals surface area contributed by atoms with E-state index in [1.165, 1.54) is 22.5 Å². The van der Waals surface area contributed by atoms with Crippen LogP contribution in [0.5, 0.6) is 5.75 Å². The van der Waals surface area contributed by atoms with E-state index in [9.17, 15) is 4.79 Å². The number of fused-ring (bicyclic) bond motifs is 1. The van der Waals surface area contributed by atoms with E-state index >= 15 is 0 Å². The van der Waals surface area contributed by atoms with E-state index in [-0.39, 0.29) is 5.91 Å². The number of carbonyl (C=O) groups is 1. The van der Waals surface area contributed by atoms with E-state index in [0.717, 1.165) is 43.2 Å². The monoisotopic (exact) mass is 299 g/mol. The van der Waals surface area contributed by atoms with Gasteiger partial charge >= 0.3 is 0 Å². The number of ether oxygens (including phenoxy) is 1. The molecule has 1 atom stereocenters. The molecule has 21 heavy (non-hydrogen) atoms. The minimum atomic E-state index is 0.178. The Hall–Kier alpha value is -1.81. The zero-order valence-corrected chi connectivity index (χ0v) is 12.6. The number of nitrogens with zero attached hydrogens (tertiary/aromatic N) is 1. The first-order valence-electron chi connectivity index (χ1n) is 7.39. The minimum absolute atomic E-state index is 0.178. The number of likely N-dealkylation sites (tertiary alicyclic amines) is 1. The Morgan fingerprint density at radius 2 is 2.29 bits per heavy atom. The van der Waals surface area contributed by atoms with Crippen LogP contribution in [0.4, 0.5) is 0 Å². The summed E-state index contributed by atoms with van der Waals surface area (Å²) < 4.78 is 5.56. The van der Waals surface area contributed by atoms with E-state index < -0.39 is 0 Å². The van der Waals surface area contributed by atoms with Gasteiger partial charge in [-0.15, -0.1) is 11.3 Å². The number of hydrogen-bond acceptors (Lipinski definition) is 3. The molecule has 2 aliphatic rings. The molecule has 0 aliphatic carbocycles. The topological polar surface area (TPSA) is 29.5 Å². The summed E-state index contributed by atoms with van der Waals surface area (Å²) in [5.41, 5.74) is 2.66. The van der Waals surface area contributed by atoms with Gasteiger partial charge in [0.15, 0.2) is 0 Å². The molecular weight excluding hydrogens is 282 g/mol. The highest BCUT2D eigenvalue weighted by molar-refractivity contribution is 7.12. The third-order valence-electron chi connectivity index (χ3n) is 4.39. The maximum atomic E-state index is 12.4. The van der Waals surface area contributed by atoms with Crippen molar-refractivity contribution in [2.45, 2.75) is 18.8 Å². The molecule has 0 bridgehead atoms. The zero-order valence-electron chi connectivity index (χ0n) is 11.7. The summed E-state index contributed by atoms with van der Waals surface area (Å²) in [4.78, 5) is 15.2. The Morgan fingerprint density at radius 1 is 1.33 bits per heavy atom. The number of rotatable bonds is 2. The van der Waals surface area contributed by atoms with Gasteiger partial charge in [0.2, 0.25) is 0 Å². The molecule has 3 nitrogen and oxygen atoms in total. The third kappa shape index (κ3) is 2.33. The lowest BCUT2D eigenvalue weighted by molar-refractivity contribution is 0.0795. The number of benzene rings is 1. The Morgan fingerprint density at radius 3 is 3.14 bits per heavy atom. The maximum Gasteiger partial charge on any atom is 0.263 e. The second kappa shape index (κ2) is 5.19. The zero-order chi connectivity index (χ0) is 14.2. The van der Waals surface area contributed by atoms with E-state index in [1.54, 1.807) is 0 Å². The lowest BCUT2D eigenvalue weighted by atomic mass is 9.96. The largest absolute Gasteiger partial charge is 0.493 e. The van der Waals surface area contributed by atoms with Gasteiger partial charge in [-0.25, -0.2) is 0 Å². The Bertz CT molecular complexity index is 665. The fraction of sp³-hybridized carbons (Fsp3) is 0.353. The number of hydrogen-bond donors (Lipinski definition) is 0. The van der Waals surface area contributed by atoms with Gasteiger partial charge in [-0.3, -0.25) is 4.79 Å². The maximum absolute atomic E-state index is 12.4. The number of amides is 1. The van der Waals surface area contributed by atoms with E-state index in [0.29, 0.717) is 5.92 Å². The first-order chi connectivity index (χ1) is 10.3. The summed E-state index contributed by atoms with van der Waals surface area (Å²) in [7, 11) is 0. The van der Waals surface area contributed by atoms with Crippen LogP contribution >= 0.6 is 11.3 Å². The second-order valence-corrected chi connectivity index (χ2v) is 6.63. The summed E-state index contributed by atoms with van der Waals surface area (Å²) in [6.45, 7) is 2.48. The molecule has 0 saturated carbocycles. The Kier molecular flexibility index (Phi) is 3.19. The second-order valence-electron chi connectivity index (χ2n) is 5.68. The average Bonchev–Trinajstić information content (AvgIpc) is 3.25. The predicted molar refractivity (Wildman–Crippen MR) is 83.2 cm³/mol. The minimum Gasteiger partial charge on any atom is -0.493 e. The highest BCUT2D eigenvalue weighted by Crippen LogP contribution is 2.33. The number of thiophene rings is 1.